The average molecular weight is 234 g/mol. The fourth-order valence-corrected chi connectivity index (χ4v) is 2.70. The molecule has 2 heterocycles. The van der Waals surface area contributed by atoms with Crippen molar-refractivity contribution >= 4 is 23.1 Å². The Labute approximate surface area is 95.0 Å². The number of nitrogens with zero attached hydrogens (tertiary/aromatic N) is 4. The van der Waals surface area contributed by atoms with Gasteiger partial charge in [-0.2, -0.15) is 5.26 Å². The van der Waals surface area contributed by atoms with E-state index in [0.29, 0.717) is 5.56 Å². The summed E-state index contributed by atoms with van der Waals surface area (Å²) in [6, 6.07) is 5.49. The van der Waals surface area contributed by atoms with Gasteiger partial charge in [-0.05, 0) is 30.8 Å². The van der Waals surface area contributed by atoms with Crippen molar-refractivity contribution in [3.8, 4) is 6.07 Å². The zero-order valence-corrected chi connectivity index (χ0v) is 9.47. The first-order valence-corrected chi connectivity index (χ1v) is 5.75. The van der Waals surface area contributed by atoms with Gasteiger partial charge in [0.1, 0.15) is 10.0 Å². The monoisotopic (exact) mass is 234 g/mol. The zero-order valence-electron chi connectivity index (χ0n) is 7.84. The largest absolute Gasteiger partial charge is 0.249 e. The molecule has 0 saturated heterocycles. The third-order valence-electron chi connectivity index (χ3n) is 1.56. The van der Waals surface area contributed by atoms with Crippen molar-refractivity contribution in [3.05, 3.63) is 28.9 Å². The van der Waals surface area contributed by atoms with Gasteiger partial charge in [-0.15, -0.1) is 10.2 Å². The quantitative estimate of drug-likeness (QED) is 0.797. The standard InChI is InChI=1S/C9H6N4S2/c1-6-12-13-9(14-6)15-8-4-7(5-10)2-3-11-8/h2-4H,1H3. The van der Waals surface area contributed by atoms with Gasteiger partial charge in [0.05, 0.1) is 11.6 Å². The molecule has 2 aromatic heterocycles. The Morgan fingerprint density at radius 1 is 1.47 bits per heavy atom. The summed E-state index contributed by atoms with van der Waals surface area (Å²) in [5.41, 5.74) is 0.605. The minimum Gasteiger partial charge on any atom is -0.249 e. The molecule has 0 aliphatic rings. The highest BCUT2D eigenvalue weighted by Crippen LogP contribution is 2.28. The number of aryl methyl sites for hydroxylation is 1. The molecule has 2 rings (SSSR count). The van der Waals surface area contributed by atoms with E-state index in [1.54, 1.807) is 18.3 Å². The molecule has 0 atom stereocenters. The van der Waals surface area contributed by atoms with Gasteiger partial charge in [-0.1, -0.05) is 11.3 Å². The predicted molar refractivity (Wildman–Crippen MR) is 57.7 cm³/mol. The summed E-state index contributed by atoms with van der Waals surface area (Å²) in [6.45, 7) is 1.90. The molecule has 0 bridgehead atoms. The Morgan fingerprint density at radius 2 is 2.33 bits per heavy atom. The number of hydrogen-bond donors (Lipinski definition) is 0. The van der Waals surface area contributed by atoms with E-state index in [2.05, 4.69) is 21.3 Å². The summed E-state index contributed by atoms with van der Waals surface area (Å²) in [6.07, 6.45) is 1.62. The Bertz CT molecular complexity index is 515. The van der Waals surface area contributed by atoms with E-state index < -0.39 is 0 Å². The van der Waals surface area contributed by atoms with Gasteiger partial charge in [0, 0.05) is 6.20 Å². The lowest BCUT2D eigenvalue weighted by atomic mass is 10.3. The van der Waals surface area contributed by atoms with E-state index >= 15 is 0 Å². The van der Waals surface area contributed by atoms with Gasteiger partial charge in [-0.3, -0.25) is 0 Å². The third kappa shape index (κ3) is 2.52. The van der Waals surface area contributed by atoms with Crippen molar-refractivity contribution in [1.29, 1.82) is 5.26 Å². The molecule has 0 aliphatic carbocycles. The average Bonchev–Trinajstić information content (AvgIpc) is 2.64. The highest BCUT2D eigenvalue weighted by atomic mass is 32.2. The van der Waals surface area contributed by atoms with Gasteiger partial charge >= 0.3 is 0 Å². The second kappa shape index (κ2) is 4.38. The van der Waals surface area contributed by atoms with Crippen molar-refractivity contribution in [2.45, 2.75) is 16.3 Å². The summed E-state index contributed by atoms with van der Waals surface area (Å²) in [4.78, 5) is 4.14. The van der Waals surface area contributed by atoms with Crippen molar-refractivity contribution in [2.24, 2.45) is 0 Å². The molecule has 2 aromatic rings. The maximum atomic E-state index is 8.72. The van der Waals surface area contributed by atoms with Crippen molar-refractivity contribution < 1.29 is 0 Å². The number of nitriles is 1. The van der Waals surface area contributed by atoms with Gasteiger partial charge in [-0.25, -0.2) is 4.98 Å². The van der Waals surface area contributed by atoms with Crippen LogP contribution >= 0.6 is 23.1 Å². The molecule has 0 spiro atoms. The summed E-state index contributed by atoms with van der Waals surface area (Å²) < 4.78 is 0.843. The van der Waals surface area contributed by atoms with Gasteiger partial charge in [0.15, 0.2) is 4.34 Å². The smallest absolute Gasteiger partial charge is 0.180 e. The second-order valence-electron chi connectivity index (χ2n) is 2.68. The Hall–Kier alpha value is -1.45. The van der Waals surface area contributed by atoms with E-state index in [-0.39, 0.29) is 0 Å². The molecule has 74 valence electrons. The molecule has 0 saturated carbocycles. The van der Waals surface area contributed by atoms with Crippen LogP contribution in [0, 0.1) is 18.3 Å². The first-order valence-electron chi connectivity index (χ1n) is 4.12. The molecule has 0 aliphatic heterocycles. The molecule has 0 fully saturated rings. The molecular formula is C9H6N4S2. The van der Waals surface area contributed by atoms with Crippen LogP contribution in [-0.4, -0.2) is 15.2 Å². The topological polar surface area (TPSA) is 62.5 Å². The first kappa shape index (κ1) is 10.1. The zero-order chi connectivity index (χ0) is 10.7. The number of hydrogen-bond acceptors (Lipinski definition) is 6. The predicted octanol–water partition coefficient (Wildman–Crippen LogP) is 2.26. The van der Waals surface area contributed by atoms with Crippen LogP contribution in [0.4, 0.5) is 0 Å². The summed E-state index contributed by atoms with van der Waals surface area (Å²) in [7, 11) is 0. The SMILES string of the molecule is Cc1nnc(Sc2cc(C#N)ccn2)s1. The molecule has 0 N–H and O–H groups in total. The minimum absolute atomic E-state index is 0.605. The number of rotatable bonds is 2. The molecule has 0 amide bonds. The van der Waals surface area contributed by atoms with Gasteiger partial charge in [0.25, 0.3) is 0 Å². The van der Waals surface area contributed by atoms with E-state index in [9.17, 15) is 0 Å². The molecule has 0 aromatic carbocycles. The van der Waals surface area contributed by atoms with E-state index in [1.165, 1.54) is 23.1 Å². The van der Waals surface area contributed by atoms with Crippen LogP contribution in [-0.2, 0) is 0 Å². The lowest BCUT2D eigenvalue weighted by molar-refractivity contribution is 0.980. The molecular weight excluding hydrogens is 228 g/mol. The fraction of sp³-hybridized carbons (Fsp3) is 0.111. The summed E-state index contributed by atoms with van der Waals surface area (Å²) in [5, 5.41) is 18.3. The van der Waals surface area contributed by atoms with Crippen LogP contribution in [0.25, 0.3) is 0 Å². The highest BCUT2D eigenvalue weighted by molar-refractivity contribution is 8.01. The molecule has 15 heavy (non-hydrogen) atoms. The molecule has 0 unspecified atom stereocenters. The van der Waals surface area contributed by atoms with Crippen LogP contribution in [0.15, 0.2) is 27.7 Å². The van der Waals surface area contributed by atoms with Crippen LogP contribution in [0.3, 0.4) is 0 Å². The van der Waals surface area contributed by atoms with Gasteiger partial charge < -0.3 is 0 Å². The van der Waals surface area contributed by atoms with Crippen molar-refractivity contribution in [2.75, 3.05) is 0 Å². The second-order valence-corrected chi connectivity index (χ2v) is 5.13. The Balaban J connectivity index is 2.21. The van der Waals surface area contributed by atoms with Crippen LogP contribution in [0.1, 0.15) is 10.6 Å². The van der Waals surface area contributed by atoms with E-state index in [1.807, 2.05) is 6.92 Å². The normalized spacial score (nSPS) is 9.87. The summed E-state index contributed by atoms with van der Waals surface area (Å²) >= 11 is 2.93. The Kier molecular flexibility index (Phi) is 2.94. The van der Waals surface area contributed by atoms with Crippen LogP contribution in [0.2, 0.25) is 0 Å². The molecule has 4 nitrogen and oxygen atoms in total. The highest BCUT2D eigenvalue weighted by Gasteiger charge is 2.04. The number of aromatic nitrogens is 3. The summed E-state index contributed by atoms with van der Waals surface area (Å²) in [5.74, 6) is 0. The minimum atomic E-state index is 0.605. The van der Waals surface area contributed by atoms with Crippen molar-refractivity contribution in [3.63, 3.8) is 0 Å². The number of pyridine rings is 1. The van der Waals surface area contributed by atoms with E-state index in [4.69, 9.17) is 5.26 Å². The molecule has 6 heteroatoms. The third-order valence-corrected chi connectivity index (χ3v) is 3.39. The molecule has 0 radical (unpaired) electrons. The maximum Gasteiger partial charge on any atom is 0.180 e. The van der Waals surface area contributed by atoms with Crippen molar-refractivity contribution in [1.82, 2.24) is 15.2 Å². The van der Waals surface area contributed by atoms with Crippen LogP contribution < -0.4 is 0 Å². The lowest BCUT2D eigenvalue weighted by Gasteiger charge is -1.95. The maximum absolute atomic E-state index is 8.72. The fourth-order valence-electron chi connectivity index (χ4n) is 0.944. The lowest BCUT2D eigenvalue weighted by Crippen LogP contribution is -1.81. The first-order chi connectivity index (χ1) is 7.28. The van der Waals surface area contributed by atoms with E-state index in [0.717, 1.165) is 14.4 Å². The van der Waals surface area contributed by atoms with Crippen LogP contribution in [0.5, 0.6) is 0 Å². The Morgan fingerprint density at radius 3 is 3.00 bits per heavy atom. The van der Waals surface area contributed by atoms with Gasteiger partial charge in [0.2, 0.25) is 0 Å².